The van der Waals surface area contributed by atoms with Crippen molar-refractivity contribution in [2.75, 3.05) is 6.54 Å². The zero-order valence-corrected chi connectivity index (χ0v) is 17.0. The molecule has 3 rings (SSSR count). The Kier molecular flexibility index (Phi) is 5.94. The first kappa shape index (κ1) is 20.9. The number of amides is 1. The third-order valence-corrected chi connectivity index (χ3v) is 4.72. The van der Waals surface area contributed by atoms with Crippen LogP contribution in [0.2, 0.25) is 0 Å². The minimum Gasteiger partial charge on any atom is -0.449 e. The van der Waals surface area contributed by atoms with E-state index in [0.717, 1.165) is 16.0 Å². The van der Waals surface area contributed by atoms with E-state index in [-0.39, 0.29) is 13.0 Å². The third kappa shape index (κ3) is 4.77. The first-order valence-corrected chi connectivity index (χ1v) is 9.75. The van der Waals surface area contributed by atoms with Crippen LogP contribution in [0.4, 0.5) is 4.79 Å². The summed E-state index contributed by atoms with van der Waals surface area (Å²) in [6.45, 7) is 5.43. The van der Waals surface area contributed by atoms with Gasteiger partial charge in [-0.3, -0.25) is 4.90 Å². The fraction of sp³-hybridized carbons (Fsp3) is 0.391. The van der Waals surface area contributed by atoms with Gasteiger partial charge >= 0.3 is 12.1 Å². The Bertz CT molecular complexity index is 807. The fourth-order valence-electron chi connectivity index (χ4n) is 3.36. The number of likely N-dealkylation sites (tertiary alicyclic amines) is 1. The average molecular weight is 397 g/mol. The summed E-state index contributed by atoms with van der Waals surface area (Å²) in [6, 6.07) is 18.6. The van der Waals surface area contributed by atoms with Gasteiger partial charge in [0.15, 0.2) is 6.10 Å². The Balaban J connectivity index is 1.86. The second-order valence-electron chi connectivity index (χ2n) is 8.16. The molecule has 0 unspecified atom stereocenters. The molecule has 1 N–H and O–H groups in total. The van der Waals surface area contributed by atoms with Gasteiger partial charge in [0, 0.05) is 13.0 Å². The van der Waals surface area contributed by atoms with Gasteiger partial charge in [-0.1, -0.05) is 60.7 Å². The summed E-state index contributed by atoms with van der Waals surface area (Å²) in [5.74, 6) is -0.862. The third-order valence-electron chi connectivity index (χ3n) is 4.72. The first-order valence-electron chi connectivity index (χ1n) is 9.75. The van der Waals surface area contributed by atoms with Crippen LogP contribution in [0.1, 0.15) is 50.8 Å². The molecule has 1 heterocycles. The maximum Gasteiger partial charge on any atom is 0.413 e. The van der Waals surface area contributed by atoms with Crippen LogP contribution in [-0.4, -0.2) is 39.9 Å². The van der Waals surface area contributed by atoms with E-state index in [9.17, 15) is 14.7 Å². The summed E-state index contributed by atoms with van der Waals surface area (Å²) >= 11 is 0. The molecule has 1 aliphatic rings. The summed E-state index contributed by atoms with van der Waals surface area (Å²) in [5.41, 5.74) is -1.24. The molecule has 1 aliphatic heterocycles. The number of rotatable bonds is 4. The number of ether oxygens (including phenoxy) is 2. The Morgan fingerprint density at radius 2 is 1.52 bits per heavy atom. The van der Waals surface area contributed by atoms with Crippen molar-refractivity contribution in [3.05, 3.63) is 71.8 Å². The Morgan fingerprint density at radius 1 is 1.00 bits per heavy atom. The molecule has 6 heteroatoms. The number of carbonyl (C=O) groups is 2. The van der Waals surface area contributed by atoms with E-state index in [1.807, 2.05) is 60.7 Å². The Morgan fingerprint density at radius 3 is 2.00 bits per heavy atom. The maximum absolute atomic E-state index is 13.1. The molecule has 0 aliphatic carbocycles. The molecule has 154 valence electrons. The molecule has 1 amide bonds. The van der Waals surface area contributed by atoms with E-state index in [1.165, 1.54) is 0 Å². The average Bonchev–Trinajstić information content (AvgIpc) is 3.09. The van der Waals surface area contributed by atoms with E-state index in [4.69, 9.17) is 9.47 Å². The lowest BCUT2D eigenvalue weighted by molar-refractivity contribution is -0.185. The number of aliphatic hydroxyl groups is 1. The molecule has 0 bridgehead atoms. The predicted octanol–water partition coefficient (Wildman–Crippen LogP) is 4.04. The summed E-state index contributed by atoms with van der Waals surface area (Å²) in [4.78, 5) is 26.7. The summed E-state index contributed by atoms with van der Waals surface area (Å²) < 4.78 is 11.1. The standard InChI is InChI=1S/C23H27NO5/c1-22(2,3)29-21(26)24-16-10-15-23(24,27)20(25)28-19(17-11-6-4-7-12-17)18-13-8-5-9-14-18/h4-9,11-14,19,27H,10,15-16H2,1-3H3/t23-/m0/s1. The highest BCUT2D eigenvalue weighted by atomic mass is 16.6. The normalized spacial score (nSPS) is 19.3. The molecular weight excluding hydrogens is 370 g/mol. The number of carbonyl (C=O) groups excluding carboxylic acids is 2. The van der Waals surface area contributed by atoms with Crippen molar-refractivity contribution in [3.63, 3.8) is 0 Å². The lowest BCUT2D eigenvalue weighted by atomic mass is 10.0. The second kappa shape index (κ2) is 8.25. The SMILES string of the molecule is CC(C)(C)OC(=O)N1CCC[C@]1(O)C(=O)OC(c1ccccc1)c1ccccc1. The maximum atomic E-state index is 13.1. The van der Waals surface area contributed by atoms with Gasteiger partial charge in [-0.2, -0.15) is 0 Å². The summed E-state index contributed by atoms with van der Waals surface area (Å²) in [6.07, 6.45) is -0.853. The lowest BCUT2D eigenvalue weighted by Crippen LogP contribution is -2.55. The van der Waals surface area contributed by atoms with Crippen LogP contribution >= 0.6 is 0 Å². The number of esters is 1. The van der Waals surface area contributed by atoms with E-state index >= 15 is 0 Å². The van der Waals surface area contributed by atoms with Crippen LogP contribution < -0.4 is 0 Å². The molecule has 1 fully saturated rings. The second-order valence-corrected chi connectivity index (χ2v) is 8.16. The smallest absolute Gasteiger partial charge is 0.413 e. The van der Waals surface area contributed by atoms with Crippen molar-refractivity contribution in [2.24, 2.45) is 0 Å². The van der Waals surface area contributed by atoms with Crippen LogP contribution in [0.5, 0.6) is 0 Å². The Hall–Kier alpha value is -2.86. The van der Waals surface area contributed by atoms with Gasteiger partial charge in [0.2, 0.25) is 5.72 Å². The molecular formula is C23H27NO5. The van der Waals surface area contributed by atoms with Gasteiger partial charge in [-0.15, -0.1) is 0 Å². The van der Waals surface area contributed by atoms with Crippen LogP contribution in [0, 0.1) is 0 Å². The van der Waals surface area contributed by atoms with Gasteiger partial charge in [0.1, 0.15) is 5.60 Å². The molecule has 29 heavy (non-hydrogen) atoms. The quantitative estimate of drug-likeness (QED) is 0.788. The van der Waals surface area contributed by atoms with E-state index in [2.05, 4.69) is 0 Å². The highest BCUT2D eigenvalue weighted by molar-refractivity contribution is 5.85. The highest BCUT2D eigenvalue weighted by Gasteiger charge is 2.51. The molecule has 0 saturated carbocycles. The zero-order valence-electron chi connectivity index (χ0n) is 17.0. The van der Waals surface area contributed by atoms with Gasteiger partial charge in [-0.05, 0) is 38.3 Å². The van der Waals surface area contributed by atoms with Crippen LogP contribution in [-0.2, 0) is 14.3 Å². The molecule has 0 aromatic heterocycles. The first-order chi connectivity index (χ1) is 13.7. The minimum absolute atomic E-state index is 0.0986. The van der Waals surface area contributed by atoms with Gasteiger partial charge in [0.25, 0.3) is 0 Å². The highest BCUT2D eigenvalue weighted by Crippen LogP contribution is 2.34. The van der Waals surface area contributed by atoms with E-state index in [0.29, 0.717) is 6.42 Å². The molecule has 1 saturated heterocycles. The fourth-order valence-corrected chi connectivity index (χ4v) is 3.36. The topological polar surface area (TPSA) is 76.1 Å². The van der Waals surface area contributed by atoms with Crippen LogP contribution in [0.15, 0.2) is 60.7 Å². The largest absolute Gasteiger partial charge is 0.449 e. The lowest BCUT2D eigenvalue weighted by Gasteiger charge is -2.34. The Labute approximate surface area is 171 Å². The summed E-state index contributed by atoms with van der Waals surface area (Å²) in [7, 11) is 0. The van der Waals surface area contributed by atoms with Crippen LogP contribution in [0.25, 0.3) is 0 Å². The van der Waals surface area contributed by atoms with Gasteiger partial charge in [-0.25, -0.2) is 9.59 Å². The van der Waals surface area contributed by atoms with Crippen molar-refractivity contribution < 1.29 is 24.2 Å². The minimum atomic E-state index is -2.05. The number of nitrogens with zero attached hydrogens (tertiary/aromatic N) is 1. The van der Waals surface area contributed by atoms with Crippen molar-refractivity contribution in [3.8, 4) is 0 Å². The van der Waals surface area contributed by atoms with E-state index in [1.54, 1.807) is 20.8 Å². The number of hydrogen-bond donors (Lipinski definition) is 1. The van der Waals surface area contributed by atoms with Crippen molar-refractivity contribution in [1.29, 1.82) is 0 Å². The molecule has 2 aromatic rings. The van der Waals surface area contributed by atoms with Crippen molar-refractivity contribution in [1.82, 2.24) is 4.90 Å². The molecule has 0 radical (unpaired) electrons. The number of benzene rings is 2. The zero-order chi connectivity index (χ0) is 21.1. The van der Waals surface area contributed by atoms with Crippen molar-refractivity contribution in [2.45, 2.75) is 51.0 Å². The van der Waals surface area contributed by atoms with E-state index < -0.39 is 29.5 Å². The predicted molar refractivity (Wildman–Crippen MR) is 108 cm³/mol. The molecule has 1 atom stereocenters. The molecule has 6 nitrogen and oxygen atoms in total. The molecule has 2 aromatic carbocycles. The van der Waals surface area contributed by atoms with Crippen molar-refractivity contribution >= 4 is 12.1 Å². The van der Waals surface area contributed by atoms with Gasteiger partial charge in [0.05, 0.1) is 0 Å². The van der Waals surface area contributed by atoms with Gasteiger partial charge < -0.3 is 14.6 Å². The molecule has 0 spiro atoms. The number of hydrogen-bond acceptors (Lipinski definition) is 5. The van der Waals surface area contributed by atoms with Crippen LogP contribution in [0.3, 0.4) is 0 Å². The monoisotopic (exact) mass is 397 g/mol. The summed E-state index contributed by atoms with van der Waals surface area (Å²) in [5, 5.41) is 11.1.